The van der Waals surface area contributed by atoms with Gasteiger partial charge in [-0.1, -0.05) is 33.1 Å². The van der Waals surface area contributed by atoms with E-state index >= 15 is 0 Å². The van der Waals surface area contributed by atoms with Gasteiger partial charge in [0.05, 0.1) is 11.7 Å². The number of nitrogens with one attached hydrogen (secondary N) is 1. The van der Waals surface area contributed by atoms with Crippen LogP contribution in [0.4, 0.5) is 0 Å². The molecule has 1 rings (SSSR count). The van der Waals surface area contributed by atoms with Gasteiger partial charge in [-0.05, 0) is 39.2 Å². The van der Waals surface area contributed by atoms with Crippen LogP contribution in [0.5, 0.6) is 0 Å². The van der Waals surface area contributed by atoms with E-state index < -0.39 is 0 Å². The molecular formula is C14H29NO. The van der Waals surface area contributed by atoms with Crippen LogP contribution < -0.4 is 5.32 Å². The van der Waals surface area contributed by atoms with Crippen molar-refractivity contribution >= 4 is 0 Å². The van der Waals surface area contributed by atoms with E-state index in [0.29, 0.717) is 6.10 Å². The maximum Gasteiger partial charge on any atom is 0.0779 e. The summed E-state index contributed by atoms with van der Waals surface area (Å²) in [5.41, 5.74) is 0.0229. The Kier molecular flexibility index (Phi) is 5.77. The van der Waals surface area contributed by atoms with Crippen molar-refractivity contribution < 1.29 is 4.74 Å². The lowest BCUT2D eigenvalue weighted by Crippen LogP contribution is -2.42. The van der Waals surface area contributed by atoms with Crippen molar-refractivity contribution in [3.63, 3.8) is 0 Å². The molecular weight excluding hydrogens is 198 g/mol. The predicted octanol–water partition coefficient (Wildman–Crippen LogP) is 3.36. The summed E-state index contributed by atoms with van der Waals surface area (Å²) in [6, 6.07) is 0. The van der Waals surface area contributed by atoms with E-state index in [-0.39, 0.29) is 5.60 Å². The largest absolute Gasteiger partial charge is 0.371 e. The van der Waals surface area contributed by atoms with Crippen LogP contribution in [0.2, 0.25) is 0 Å². The SMILES string of the molecule is CCC1CCCC(OC(C)(CC)CNC)C1. The van der Waals surface area contributed by atoms with Gasteiger partial charge in [-0.25, -0.2) is 0 Å². The van der Waals surface area contributed by atoms with Crippen LogP contribution in [0.3, 0.4) is 0 Å². The lowest BCUT2D eigenvalue weighted by Gasteiger charge is -2.37. The summed E-state index contributed by atoms with van der Waals surface area (Å²) in [4.78, 5) is 0. The van der Waals surface area contributed by atoms with E-state index in [2.05, 4.69) is 26.1 Å². The number of hydrogen-bond acceptors (Lipinski definition) is 2. The zero-order chi connectivity index (χ0) is 12.0. The Morgan fingerprint density at radius 3 is 2.62 bits per heavy atom. The first kappa shape index (κ1) is 14.0. The molecule has 96 valence electrons. The highest BCUT2D eigenvalue weighted by molar-refractivity contribution is 4.81. The maximum absolute atomic E-state index is 6.34. The van der Waals surface area contributed by atoms with Gasteiger partial charge in [0, 0.05) is 6.54 Å². The zero-order valence-electron chi connectivity index (χ0n) is 11.5. The Labute approximate surface area is 101 Å². The molecule has 0 heterocycles. The fourth-order valence-corrected chi connectivity index (χ4v) is 2.75. The van der Waals surface area contributed by atoms with Crippen molar-refractivity contribution in [3.05, 3.63) is 0 Å². The Morgan fingerprint density at radius 2 is 2.06 bits per heavy atom. The van der Waals surface area contributed by atoms with Crippen LogP contribution in [-0.4, -0.2) is 25.3 Å². The van der Waals surface area contributed by atoms with Crippen molar-refractivity contribution in [2.45, 2.75) is 71.0 Å². The summed E-state index contributed by atoms with van der Waals surface area (Å²) in [6.45, 7) is 7.72. The first-order valence-electron chi connectivity index (χ1n) is 6.96. The lowest BCUT2D eigenvalue weighted by atomic mass is 9.85. The second-order valence-electron chi connectivity index (χ2n) is 5.51. The van der Waals surface area contributed by atoms with Crippen molar-refractivity contribution in [2.24, 2.45) is 5.92 Å². The van der Waals surface area contributed by atoms with Gasteiger partial charge in [0.15, 0.2) is 0 Å². The standard InChI is InChI=1S/C14H29NO/c1-5-12-8-7-9-13(10-12)16-14(3,6-2)11-15-4/h12-13,15H,5-11H2,1-4H3. The summed E-state index contributed by atoms with van der Waals surface area (Å²) < 4.78 is 6.34. The van der Waals surface area contributed by atoms with Crippen molar-refractivity contribution in [1.29, 1.82) is 0 Å². The third kappa shape index (κ3) is 4.06. The Morgan fingerprint density at radius 1 is 1.31 bits per heavy atom. The topological polar surface area (TPSA) is 21.3 Å². The van der Waals surface area contributed by atoms with Gasteiger partial charge in [0.25, 0.3) is 0 Å². The first-order valence-corrected chi connectivity index (χ1v) is 6.96. The zero-order valence-corrected chi connectivity index (χ0v) is 11.5. The third-order valence-corrected chi connectivity index (χ3v) is 4.06. The van der Waals surface area contributed by atoms with Crippen LogP contribution >= 0.6 is 0 Å². The van der Waals surface area contributed by atoms with Crippen LogP contribution in [0.15, 0.2) is 0 Å². The molecule has 0 aliphatic heterocycles. The molecule has 3 unspecified atom stereocenters. The van der Waals surface area contributed by atoms with Crippen LogP contribution in [0.1, 0.15) is 59.3 Å². The molecule has 0 saturated heterocycles. The van der Waals surface area contributed by atoms with Crippen molar-refractivity contribution in [2.75, 3.05) is 13.6 Å². The molecule has 2 nitrogen and oxygen atoms in total. The maximum atomic E-state index is 6.34. The van der Waals surface area contributed by atoms with Gasteiger partial charge < -0.3 is 10.1 Å². The molecule has 16 heavy (non-hydrogen) atoms. The molecule has 0 aromatic carbocycles. The monoisotopic (exact) mass is 227 g/mol. The predicted molar refractivity (Wildman–Crippen MR) is 69.7 cm³/mol. The highest BCUT2D eigenvalue weighted by Crippen LogP contribution is 2.31. The van der Waals surface area contributed by atoms with Gasteiger partial charge in [-0.2, -0.15) is 0 Å². The fraction of sp³-hybridized carbons (Fsp3) is 1.00. The Hall–Kier alpha value is -0.0800. The van der Waals surface area contributed by atoms with Gasteiger partial charge >= 0.3 is 0 Å². The minimum Gasteiger partial charge on any atom is -0.371 e. The summed E-state index contributed by atoms with van der Waals surface area (Å²) >= 11 is 0. The van der Waals surface area contributed by atoms with E-state index in [9.17, 15) is 0 Å². The molecule has 0 spiro atoms. The molecule has 3 atom stereocenters. The third-order valence-electron chi connectivity index (χ3n) is 4.06. The van der Waals surface area contributed by atoms with Gasteiger partial charge in [0.1, 0.15) is 0 Å². The van der Waals surface area contributed by atoms with E-state index in [1.54, 1.807) is 0 Å². The van der Waals surface area contributed by atoms with Crippen molar-refractivity contribution in [3.8, 4) is 0 Å². The molecule has 1 aliphatic rings. The Bertz CT molecular complexity index is 195. The van der Waals surface area contributed by atoms with Crippen LogP contribution in [0.25, 0.3) is 0 Å². The summed E-state index contributed by atoms with van der Waals surface area (Å²) in [5.74, 6) is 0.898. The highest BCUT2D eigenvalue weighted by Gasteiger charge is 2.29. The molecule has 1 aliphatic carbocycles. The number of ether oxygens (including phenoxy) is 1. The van der Waals surface area contributed by atoms with E-state index in [4.69, 9.17) is 4.74 Å². The average molecular weight is 227 g/mol. The summed E-state index contributed by atoms with van der Waals surface area (Å²) in [7, 11) is 2.01. The molecule has 1 N–H and O–H groups in total. The first-order chi connectivity index (χ1) is 7.63. The van der Waals surface area contributed by atoms with E-state index in [1.807, 2.05) is 7.05 Å². The van der Waals surface area contributed by atoms with Crippen molar-refractivity contribution in [1.82, 2.24) is 5.32 Å². The van der Waals surface area contributed by atoms with Crippen LogP contribution in [0, 0.1) is 5.92 Å². The smallest absolute Gasteiger partial charge is 0.0779 e. The van der Waals surface area contributed by atoms with E-state index in [1.165, 1.54) is 32.1 Å². The van der Waals surface area contributed by atoms with Gasteiger partial charge in [-0.15, -0.1) is 0 Å². The van der Waals surface area contributed by atoms with E-state index in [0.717, 1.165) is 18.9 Å². The number of hydrogen-bond donors (Lipinski definition) is 1. The molecule has 0 radical (unpaired) electrons. The highest BCUT2D eigenvalue weighted by atomic mass is 16.5. The Balaban J connectivity index is 2.44. The molecule has 1 saturated carbocycles. The average Bonchev–Trinajstić information content (AvgIpc) is 2.29. The minimum atomic E-state index is 0.0229. The van der Waals surface area contributed by atoms with Gasteiger partial charge in [-0.3, -0.25) is 0 Å². The lowest BCUT2D eigenvalue weighted by molar-refractivity contribution is -0.102. The molecule has 1 fully saturated rings. The van der Waals surface area contributed by atoms with Gasteiger partial charge in [0.2, 0.25) is 0 Å². The molecule has 2 heteroatoms. The summed E-state index contributed by atoms with van der Waals surface area (Å²) in [6.07, 6.45) is 8.19. The quantitative estimate of drug-likeness (QED) is 0.751. The normalized spacial score (nSPS) is 30.0. The van der Waals surface area contributed by atoms with Crippen LogP contribution in [-0.2, 0) is 4.74 Å². The second kappa shape index (κ2) is 6.61. The molecule has 0 amide bonds. The number of likely N-dealkylation sites (N-methyl/N-ethyl adjacent to an activating group) is 1. The minimum absolute atomic E-state index is 0.0229. The molecule has 0 bridgehead atoms. The summed E-state index contributed by atoms with van der Waals surface area (Å²) in [5, 5.41) is 3.25. The fourth-order valence-electron chi connectivity index (χ4n) is 2.75. The second-order valence-corrected chi connectivity index (χ2v) is 5.51. The number of rotatable bonds is 6. The molecule has 0 aromatic rings. The molecule has 0 aromatic heterocycles.